The average molecular weight is 250 g/mol. The van der Waals surface area contributed by atoms with E-state index >= 15 is 0 Å². The number of rotatable bonds is 1. The van der Waals surface area contributed by atoms with E-state index in [0.29, 0.717) is 5.56 Å². The minimum Gasteiger partial charge on any atom is -0.327 e. The topological polar surface area (TPSA) is 32.9 Å². The van der Waals surface area contributed by atoms with Crippen LogP contribution in [0.4, 0.5) is 0 Å². The summed E-state index contributed by atoms with van der Waals surface area (Å²) in [6.45, 7) is 0. The van der Waals surface area contributed by atoms with Gasteiger partial charge < -0.3 is 4.98 Å². The largest absolute Gasteiger partial charge is 0.327 e. The average Bonchev–Trinajstić information content (AvgIpc) is 2.23. The normalized spacial score (nSPS) is 10.1. The molecule has 14 heavy (non-hydrogen) atoms. The first kappa shape index (κ1) is 9.21. The van der Waals surface area contributed by atoms with Gasteiger partial charge >= 0.3 is 0 Å². The molecule has 0 aliphatic rings. The number of halogens is 1. The number of pyridine rings is 1. The Morgan fingerprint density at radius 3 is 2.57 bits per heavy atom. The van der Waals surface area contributed by atoms with E-state index in [1.54, 1.807) is 6.20 Å². The third-order valence-corrected chi connectivity index (χ3v) is 2.41. The maximum absolute atomic E-state index is 11.5. The standard InChI is InChI=1S/C11H8BrNO/c12-9-6-10(11(14)13-7-9)8-4-2-1-3-5-8/h1-7H,(H,13,14). The third-order valence-electron chi connectivity index (χ3n) is 1.95. The highest BCUT2D eigenvalue weighted by Crippen LogP contribution is 2.17. The van der Waals surface area contributed by atoms with Crippen molar-refractivity contribution in [1.82, 2.24) is 4.98 Å². The maximum atomic E-state index is 11.5. The third kappa shape index (κ3) is 1.77. The predicted molar refractivity (Wildman–Crippen MR) is 60.2 cm³/mol. The van der Waals surface area contributed by atoms with Gasteiger partial charge in [-0.05, 0) is 27.6 Å². The fourth-order valence-electron chi connectivity index (χ4n) is 1.29. The van der Waals surface area contributed by atoms with Crippen LogP contribution in [0.3, 0.4) is 0 Å². The van der Waals surface area contributed by atoms with E-state index in [2.05, 4.69) is 20.9 Å². The first-order valence-electron chi connectivity index (χ1n) is 4.21. The van der Waals surface area contributed by atoms with Gasteiger partial charge in [0.2, 0.25) is 0 Å². The van der Waals surface area contributed by atoms with Crippen molar-refractivity contribution in [3.8, 4) is 11.1 Å². The number of H-pyrrole nitrogens is 1. The van der Waals surface area contributed by atoms with Crippen LogP contribution in [-0.2, 0) is 0 Å². The molecule has 0 aliphatic heterocycles. The molecule has 2 aromatic rings. The Morgan fingerprint density at radius 1 is 1.14 bits per heavy atom. The van der Waals surface area contributed by atoms with Crippen molar-refractivity contribution in [2.24, 2.45) is 0 Å². The summed E-state index contributed by atoms with van der Waals surface area (Å²) in [5.41, 5.74) is 1.54. The van der Waals surface area contributed by atoms with Gasteiger partial charge in [-0.25, -0.2) is 0 Å². The van der Waals surface area contributed by atoms with Gasteiger partial charge in [-0.3, -0.25) is 4.79 Å². The number of aromatic amines is 1. The Balaban J connectivity index is 2.63. The molecule has 1 aromatic carbocycles. The van der Waals surface area contributed by atoms with Gasteiger partial charge in [0.15, 0.2) is 0 Å². The highest BCUT2D eigenvalue weighted by atomic mass is 79.9. The van der Waals surface area contributed by atoms with Crippen LogP contribution in [0.2, 0.25) is 0 Å². The van der Waals surface area contributed by atoms with Gasteiger partial charge in [-0.15, -0.1) is 0 Å². The van der Waals surface area contributed by atoms with Crippen molar-refractivity contribution in [2.45, 2.75) is 0 Å². The van der Waals surface area contributed by atoms with Crippen LogP contribution in [0.15, 0.2) is 51.9 Å². The molecule has 0 atom stereocenters. The van der Waals surface area contributed by atoms with Crippen LogP contribution >= 0.6 is 15.9 Å². The molecule has 3 heteroatoms. The summed E-state index contributed by atoms with van der Waals surface area (Å²) in [5.74, 6) is 0. The van der Waals surface area contributed by atoms with Gasteiger partial charge in [-0.1, -0.05) is 30.3 Å². The van der Waals surface area contributed by atoms with E-state index in [9.17, 15) is 4.79 Å². The lowest BCUT2D eigenvalue weighted by Crippen LogP contribution is -2.07. The van der Waals surface area contributed by atoms with E-state index in [-0.39, 0.29) is 5.56 Å². The quantitative estimate of drug-likeness (QED) is 0.829. The number of benzene rings is 1. The molecule has 0 bridgehead atoms. The van der Waals surface area contributed by atoms with Gasteiger partial charge in [0.1, 0.15) is 0 Å². The van der Waals surface area contributed by atoms with E-state index in [0.717, 1.165) is 10.0 Å². The summed E-state index contributed by atoms with van der Waals surface area (Å²) < 4.78 is 0.871. The molecule has 2 rings (SSSR count). The zero-order valence-corrected chi connectivity index (χ0v) is 8.91. The molecular weight excluding hydrogens is 242 g/mol. The lowest BCUT2D eigenvalue weighted by Gasteiger charge is -1.99. The van der Waals surface area contributed by atoms with Gasteiger partial charge in [0.25, 0.3) is 5.56 Å². The van der Waals surface area contributed by atoms with E-state index < -0.39 is 0 Å². The molecule has 0 fully saturated rings. The van der Waals surface area contributed by atoms with E-state index in [1.165, 1.54) is 0 Å². The lowest BCUT2D eigenvalue weighted by molar-refractivity contribution is 1.23. The molecule has 0 spiro atoms. The van der Waals surface area contributed by atoms with Crippen LogP contribution in [-0.4, -0.2) is 4.98 Å². The van der Waals surface area contributed by atoms with Gasteiger partial charge in [0.05, 0.1) is 0 Å². The van der Waals surface area contributed by atoms with E-state index in [1.807, 2.05) is 36.4 Å². The molecule has 0 unspecified atom stereocenters. The summed E-state index contributed by atoms with van der Waals surface area (Å²) >= 11 is 3.32. The van der Waals surface area contributed by atoms with Crippen molar-refractivity contribution in [1.29, 1.82) is 0 Å². The van der Waals surface area contributed by atoms with Crippen molar-refractivity contribution in [3.05, 3.63) is 57.4 Å². The summed E-state index contributed by atoms with van der Waals surface area (Å²) in [6, 6.07) is 11.4. The number of nitrogens with one attached hydrogen (secondary N) is 1. The Morgan fingerprint density at radius 2 is 1.86 bits per heavy atom. The minimum absolute atomic E-state index is 0.0700. The molecule has 0 radical (unpaired) electrons. The Hall–Kier alpha value is -1.35. The lowest BCUT2D eigenvalue weighted by atomic mass is 10.1. The number of aromatic nitrogens is 1. The summed E-state index contributed by atoms with van der Waals surface area (Å²) in [6.07, 6.45) is 1.63. The van der Waals surface area contributed by atoms with Crippen LogP contribution in [0.25, 0.3) is 11.1 Å². The first-order valence-corrected chi connectivity index (χ1v) is 5.00. The zero-order valence-electron chi connectivity index (χ0n) is 7.33. The number of hydrogen-bond donors (Lipinski definition) is 1. The van der Waals surface area contributed by atoms with Crippen LogP contribution in [0.5, 0.6) is 0 Å². The molecular formula is C11H8BrNO. The monoisotopic (exact) mass is 249 g/mol. The summed E-state index contributed by atoms with van der Waals surface area (Å²) in [4.78, 5) is 14.2. The molecule has 70 valence electrons. The summed E-state index contributed by atoms with van der Waals surface area (Å²) in [7, 11) is 0. The van der Waals surface area contributed by atoms with Crippen LogP contribution in [0.1, 0.15) is 0 Å². The molecule has 0 amide bonds. The van der Waals surface area contributed by atoms with E-state index in [4.69, 9.17) is 0 Å². The molecule has 1 N–H and O–H groups in total. The van der Waals surface area contributed by atoms with Crippen molar-refractivity contribution in [2.75, 3.05) is 0 Å². The molecule has 0 aliphatic carbocycles. The fraction of sp³-hybridized carbons (Fsp3) is 0. The SMILES string of the molecule is O=c1[nH]cc(Br)cc1-c1ccccc1. The maximum Gasteiger partial charge on any atom is 0.255 e. The predicted octanol–water partition coefficient (Wildman–Crippen LogP) is 2.80. The molecule has 1 aromatic heterocycles. The zero-order chi connectivity index (χ0) is 9.97. The van der Waals surface area contributed by atoms with Crippen LogP contribution < -0.4 is 5.56 Å². The Labute approximate surface area is 89.7 Å². The van der Waals surface area contributed by atoms with Crippen molar-refractivity contribution < 1.29 is 0 Å². The second-order valence-electron chi connectivity index (χ2n) is 2.93. The fourth-order valence-corrected chi connectivity index (χ4v) is 1.63. The highest BCUT2D eigenvalue weighted by molar-refractivity contribution is 9.10. The molecule has 0 saturated heterocycles. The van der Waals surface area contributed by atoms with Gasteiger partial charge in [0, 0.05) is 16.2 Å². The molecule has 2 nitrogen and oxygen atoms in total. The Bertz CT molecular complexity index is 490. The summed E-state index contributed by atoms with van der Waals surface area (Å²) in [5, 5.41) is 0. The smallest absolute Gasteiger partial charge is 0.255 e. The Kier molecular flexibility index (Phi) is 2.50. The molecule has 0 saturated carbocycles. The second-order valence-corrected chi connectivity index (χ2v) is 3.84. The van der Waals surface area contributed by atoms with Crippen molar-refractivity contribution in [3.63, 3.8) is 0 Å². The van der Waals surface area contributed by atoms with Gasteiger partial charge in [-0.2, -0.15) is 0 Å². The second kappa shape index (κ2) is 3.80. The van der Waals surface area contributed by atoms with Crippen LogP contribution in [0, 0.1) is 0 Å². The molecule has 1 heterocycles. The minimum atomic E-state index is -0.0700. The number of hydrogen-bond acceptors (Lipinski definition) is 1. The van der Waals surface area contributed by atoms with Crippen molar-refractivity contribution >= 4 is 15.9 Å². The first-order chi connectivity index (χ1) is 6.77. The highest BCUT2D eigenvalue weighted by Gasteiger charge is 2.02.